The van der Waals surface area contributed by atoms with Gasteiger partial charge in [-0.05, 0) is 37.3 Å². The number of aromatic nitrogens is 1. The summed E-state index contributed by atoms with van der Waals surface area (Å²) >= 11 is 0. The summed E-state index contributed by atoms with van der Waals surface area (Å²) in [5, 5.41) is 0. The zero-order valence-electron chi connectivity index (χ0n) is 10.0. The van der Waals surface area contributed by atoms with Crippen molar-refractivity contribution < 1.29 is 0 Å². The number of pyridine rings is 1. The standard InChI is InChI=1S/C13H19N3/c1-16(2)11-8-9-15-13(12(11)14)10-6-4-3-5-7-10/h6,8-9H,3-5,7,14H2,1-2H3. The summed E-state index contributed by atoms with van der Waals surface area (Å²) in [6, 6.07) is 1.96. The fourth-order valence-electron chi connectivity index (χ4n) is 2.16. The summed E-state index contributed by atoms with van der Waals surface area (Å²) in [7, 11) is 4.01. The topological polar surface area (TPSA) is 42.2 Å². The molecule has 0 unspecified atom stereocenters. The molecule has 0 aromatic carbocycles. The second kappa shape index (κ2) is 4.56. The molecule has 0 radical (unpaired) electrons. The lowest BCUT2D eigenvalue weighted by Crippen LogP contribution is -2.13. The van der Waals surface area contributed by atoms with Crippen molar-refractivity contribution >= 4 is 16.9 Å². The molecule has 1 aliphatic carbocycles. The minimum atomic E-state index is 0.806. The normalized spacial score (nSPS) is 15.8. The molecule has 2 N–H and O–H groups in total. The number of hydrogen-bond donors (Lipinski definition) is 1. The molecule has 1 aliphatic rings. The smallest absolute Gasteiger partial charge is 0.0909 e. The molecule has 1 heterocycles. The van der Waals surface area contributed by atoms with Gasteiger partial charge in [0.1, 0.15) is 0 Å². The molecular formula is C13H19N3. The summed E-state index contributed by atoms with van der Waals surface area (Å²) in [6.07, 6.45) is 8.92. The van der Waals surface area contributed by atoms with E-state index in [-0.39, 0.29) is 0 Å². The van der Waals surface area contributed by atoms with Crippen LogP contribution in [0.2, 0.25) is 0 Å². The molecule has 3 heteroatoms. The second-order valence-electron chi connectivity index (χ2n) is 4.46. The van der Waals surface area contributed by atoms with Crippen molar-refractivity contribution in [3.8, 4) is 0 Å². The van der Waals surface area contributed by atoms with Crippen LogP contribution in [0.4, 0.5) is 11.4 Å². The van der Waals surface area contributed by atoms with Gasteiger partial charge in [0.05, 0.1) is 17.1 Å². The number of hydrogen-bond acceptors (Lipinski definition) is 3. The third kappa shape index (κ3) is 2.03. The second-order valence-corrected chi connectivity index (χ2v) is 4.46. The largest absolute Gasteiger partial charge is 0.395 e. The fraction of sp³-hybridized carbons (Fsp3) is 0.462. The van der Waals surface area contributed by atoms with Crippen molar-refractivity contribution in [2.75, 3.05) is 24.7 Å². The summed E-state index contributed by atoms with van der Waals surface area (Å²) in [5.41, 5.74) is 10.3. The Morgan fingerprint density at radius 1 is 1.31 bits per heavy atom. The Morgan fingerprint density at radius 2 is 2.12 bits per heavy atom. The minimum absolute atomic E-state index is 0.806. The van der Waals surface area contributed by atoms with E-state index in [1.807, 2.05) is 31.3 Å². The van der Waals surface area contributed by atoms with Crippen LogP contribution in [0.1, 0.15) is 31.4 Å². The first-order valence-electron chi connectivity index (χ1n) is 5.81. The van der Waals surface area contributed by atoms with E-state index in [9.17, 15) is 0 Å². The molecule has 0 bridgehead atoms. The molecule has 0 atom stereocenters. The van der Waals surface area contributed by atoms with Crippen LogP contribution in [0.3, 0.4) is 0 Å². The van der Waals surface area contributed by atoms with Crippen LogP contribution >= 0.6 is 0 Å². The quantitative estimate of drug-likeness (QED) is 0.828. The Balaban J connectivity index is 2.41. The third-order valence-corrected chi connectivity index (χ3v) is 3.04. The number of anilines is 2. The molecule has 0 saturated carbocycles. The Hall–Kier alpha value is -1.51. The zero-order valence-corrected chi connectivity index (χ0v) is 10.0. The van der Waals surface area contributed by atoms with Crippen LogP contribution in [0.25, 0.3) is 5.57 Å². The average molecular weight is 217 g/mol. The van der Waals surface area contributed by atoms with Crippen molar-refractivity contribution in [2.45, 2.75) is 25.7 Å². The number of nitrogens with zero attached hydrogens (tertiary/aromatic N) is 2. The van der Waals surface area contributed by atoms with E-state index in [1.54, 1.807) is 0 Å². The van der Waals surface area contributed by atoms with Gasteiger partial charge in [0.2, 0.25) is 0 Å². The Labute approximate surface area is 97.0 Å². The van der Waals surface area contributed by atoms with Gasteiger partial charge < -0.3 is 10.6 Å². The van der Waals surface area contributed by atoms with Gasteiger partial charge in [-0.1, -0.05) is 6.08 Å². The predicted molar refractivity (Wildman–Crippen MR) is 69.4 cm³/mol. The molecule has 1 aromatic heterocycles. The lowest BCUT2D eigenvalue weighted by Gasteiger charge is -2.19. The SMILES string of the molecule is CN(C)c1ccnc(C2=CCCCC2)c1N. The molecule has 16 heavy (non-hydrogen) atoms. The number of nitrogens with two attached hydrogens (primary N) is 1. The first-order valence-corrected chi connectivity index (χ1v) is 5.81. The highest BCUT2D eigenvalue weighted by molar-refractivity contribution is 5.81. The summed E-state index contributed by atoms with van der Waals surface area (Å²) in [4.78, 5) is 6.46. The molecule has 0 spiro atoms. The van der Waals surface area contributed by atoms with Crippen LogP contribution < -0.4 is 10.6 Å². The monoisotopic (exact) mass is 217 g/mol. The molecule has 1 aromatic rings. The molecule has 2 rings (SSSR count). The van der Waals surface area contributed by atoms with E-state index in [1.165, 1.54) is 18.4 Å². The summed E-state index contributed by atoms with van der Waals surface area (Å²) in [6.45, 7) is 0. The van der Waals surface area contributed by atoms with Crippen LogP contribution in [0.15, 0.2) is 18.3 Å². The lowest BCUT2D eigenvalue weighted by molar-refractivity contribution is 0.740. The molecule has 0 fully saturated rings. The first-order chi connectivity index (χ1) is 7.70. The first kappa shape index (κ1) is 11.0. The zero-order chi connectivity index (χ0) is 11.5. The van der Waals surface area contributed by atoms with Crippen LogP contribution in [-0.2, 0) is 0 Å². The fourth-order valence-corrected chi connectivity index (χ4v) is 2.16. The summed E-state index contributed by atoms with van der Waals surface area (Å²) < 4.78 is 0. The molecule has 0 amide bonds. The van der Waals surface area contributed by atoms with E-state index >= 15 is 0 Å². The highest BCUT2D eigenvalue weighted by atomic mass is 15.1. The Bertz CT molecular complexity index is 408. The van der Waals surface area contributed by atoms with E-state index < -0.39 is 0 Å². The van der Waals surface area contributed by atoms with Crippen molar-refractivity contribution in [3.63, 3.8) is 0 Å². The maximum Gasteiger partial charge on any atom is 0.0909 e. The molecule has 0 aliphatic heterocycles. The number of allylic oxidation sites excluding steroid dienone is 2. The predicted octanol–water partition coefficient (Wildman–Crippen LogP) is 2.69. The van der Waals surface area contributed by atoms with Crippen LogP contribution in [0.5, 0.6) is 0 Å². The van der Waals surface area contributed by atoms with Crippen molar-refractivity contribution in [1.29, 1.82) is 0 Å². The lowest BCUT2D eigenvalue weighted by atomic mass is 9.96. The van der Waals surface area contributed by atoms with E-state index in [0.717, 1.165) is 29.9 Å². The van der Waals surface area contributed by atoms with Crippen molar-refractivity contribution in [3.05, 3.63) is 24.0 Å². The van der Waals surface area contributed by atoms with Gasteiger partial charge in [-0.25, -0.2) is 0 Å². The van der Waals surface area contributed by atoms with E-state index in [2.05, 4.69) is 11.1 Å². The molecule has 0 saturated heterocycles. The number of nitrogen functional groups attached to an aromatic ring is 1. The molecule has 3 nitrogen and oxygen atoms in total. The van der Waals surface area contributed by atoms with Gasteiger partial charge in [-0.3, -0.25) is 4.98 Å². The van der Waals surface area contributed by atoms with Crippen LogP contribution in [-0.4, -0.2) is 19.1 Å². The van der Waals surface area contributed by atoms with Gasteiger partial charge >= 0.3 is 0 Å². The van der Waals surface area contributed by atoms with Gasteiger partial charge in [0, 0.05) is 20.3 Å². The van der Waals surface area contributed by atoms with E-state index in [0.29, 0.717) is 0 Å². The Morgan fingerprint density at radius 3 is 2.75 bits per heavy atom. The third-order valence-electron chi connectivity index (χ3n) is 3.04. The van der Waals surface area contributed by atoms with Gasteiger partial charge in [-0.2, -0.15) is 0 Å². The van der Waals surface area contributed by atoms with E-state index in [4.69, 9.17) is 5.73 Å². The van der Waals surface area contributed by atoms with Gasteiger partial charge in [0.15, 0.2) is 0 Å². The van der Waals surface area contributed by atoms with Crippen LogP contribution in [0, 0.1) is 0 Å². The highest BCUT2D eigenvalue weighted by Gasteiger charge is 2.13. The molecule has 86 valence electrons. The average Bonchev–Trinajstić information content (AvgIpc) is 2.30. The van der Waals surface area contributed by atoms with Gasteiger partial charge in [-0.15, -0.1) is 0 Å². The molecular weight excluding hydrogens is 198 g/mol. The maximum atomic E-state index is 6.17. The summed E-state index contributed by atoms with van der Waals surface area (Å²) in [5.74, 6) is 0. The Kier molecular flexibility index (Phi) is 3.13. The maximum absolute atomic E-state index is 6.17. The minimum Gasteiger partial charge on any atom is -0.395 e. The van der Waals surface area contributed by atoms with Crippen molar-refractivity contribution in [2.24, 2.45) is 0 Å². The highest BCUT2D eigenvalue weighted by Crippen LogP contribution is 2.33. The number of rotatable bonds is 2. The van der Waals surface area contributed by atoms with Crippen molar-refractivity contribution in [1.82, 2.24) is 4.98 Å². The van der Waals surface area contributed by atoms with Gasteiger partial charge in [0.25, 0.3) is 0 Å².